The minimum absolute atomic E-state index is 1.46. The van der Waals surface area contributed by atoms with E-state index in [1.165, 1.54) is 11.5 Å². The molecule has 0 saturated carbocycles. The first-order chi connectivity index (χ1) is 8.00. The Labute approximate surface area is 98.2 Å². The summed E-state index contributed by atoms with van der Waals surface area (Å²) < 4.78 is 3.76. The van der Waals surface area contributed by atoms with E-state index in [0.29, 0.717) is 0 Å². The fraction of sp³-hybridized carbons (Fsp3) is 0. The van der Waals surface area contributed by atoms with Gasteiger partial charge < -0.3 is 0 Å². The number of hydrogen-bond acceptors (Lipinski definition) is 4. The summed E-state index contributed by atoms with van der Waals surface area (Å²) in [6, 6.07) is 9.46. The maximum Gasteiger partial charge on any atom is 0.0487 e. The molecule has 0 unspecified atom stereocenters. The van der Waals surface area contributed by atoms with E-state index in [2.05, 4.69) is 19.6 Å². The molecule has 3 heterocycles. The molecule has 0 atom stereocenters. The number of aromatic nitrogens is 4. The van der Waals surface area contributed by atoms with Crippen LogP contribution in [-0.4, -0.2) is 19.6 Å². The Morgan fingerprint density at radius 1 is 0.812 bits per heavy atom. The highest BCUT2D eigenvalue weighted by molar-refractivity contribution is 7.03. The van der Waals surface area contributed by atoms with Gasteiger partial charge in [-0.3, -0.25) is 10.1 Å². The second kappa shape index (κ2) is 9.54. The largest absolute Gasteiger partial charge is 0.286 e. The predicted octanol–water partition coefficient (Wildman–Crippen LogP) is 2.63. The van der Waals surface area contributed by atoms with Gasteiger partial charge in [-0.05, 0) is 35.8 Å². The Balaban J connectivity index is 0.000000121. The van der Waals surface area contributed by atoms with Crippen molar-refractivity contribution in [3.8, 4) is 0 Å². The van der Waals surface area contributed by atoms with Gasteiger partial charge in [-0.15, -0.1) is 0 Å². The third kappa shape index (κ3) is 7.40. The van der Waals surface area contributed by atoms with Gasteiger partial charge in [-0.25, -0.2) is 4.37 Å². The predicted molar refractivity (Wildman–Crippen MR) is 64.9 cm³/mol. The van der Waals surface area contributed by atoms with Gasteiger partial charge in [0.1, 0.15) is 0 Å². The van der Waals surface area contributed by atoms with Crippen LogP contribution in [0.1, 0.15) is 0 Å². The molecule has 0 aliphatic heterocycles. The van der Waals surface area contributed by atoms with E-state index in [4.69, 9.17) is 0 Å². The fourth-order valence-corrected chi connectivity index (χ4v) is 1.05. The third-order valence-electron chi connectivity index (χ3n) is 1.32. The molecule has 0 radical (unpaired) electrons. The number of hydrogen-bond donors (Lipinski definition) is 1. The minimum atomic E-state index is 1.46. The molecule has 0 fully saturated rings. The van der Waals surface area contributed by atoms with E-state index in [1.54, 1.807) is 31.0 Å². The van der Waals surface area contributed by atoms with Crippen LogP contribution < -0.4 is 0 Å². The summed E-state index contributed by atoms with van der Waals surface area (Å²) >= 11 is 1.46. The highest BCUT2D eigenvalue weighted by Crippen LogP contribution is 1.83. The minimum Gasteiger partial charge on any atom is -0.286 e. The maximum absolute atomic E-state index is 3.78. The Bertz CT molecular complexity index is 309. The second-order valence-corrected chi connectivity index (χ2v) is 3.17. The molecule has 0 spiro atoms. The van der Waals surface area contributed by atoms with Crippen molar-refractivity contribution < 1.29 is 0 Å². The van der Waals surface area contributed by atoms with Crippen molar-refractivity contribution in [3.05, 3.63) is 66.7 Å². The first-order valence-electron chi connectivity index (χ1n) is 4.63. The van der Waals surface area contributed by atoms with Gasteiger partial charge >= 0.3 is 0 Å². The first kappa shape index (κ1) is 12.1. The van der Waals surface area contributed by atoms with Crippen molar-refractivity contribution >= 4 is 11.5 Å². The monoisotopic (exact) mass is 232 g/mol. The first-order valence-corrected chi connectivity index (χ1v) is 5.47. The molecule has 3 aromatic heterocycles. The smallest absolute Gasteiger partial charge is 0.0487 e. The highest BCUT2D eigenvalue weighted by Gasteiger charge is 1.60. The van der Waals surface area contributed by atoms with Gasteiger partial charge in [0.15, 0.2) is 0 Å². The molecule has 3 rings (SSSR count). The van der Waals surface area contributed by atoms with Crippen LogP contribution in [0.3, 0.4) is 0 Å². The van der Waals surface area contributed by atoms with Gasteiger partial charge in [-0.2, -0.15) is 5.10 Å². The maximum atomic E-state index is 3.78. The molecule has 4 nitrogen and oxygen atoms in total. The summed E-state index contributed by atoms with van der Waals surface area (Å²) in [4.78, 5) is 3.78. The van der Waals surface area contributed by atoms with Gasteiger partial charge in [0.2, 0.25) is 0 Å². The lowest BCUT2D eigenvalue weighted by Crippen LogP contribution is -1.58. The molecule has 5 heteroatoms. The Morgan fingerprint density at radius 2 is 1.69 bits per heavy atom. The van der Waals surface area contributed by atoms with Crippen LogP contribution in [0.5, 0.6) is 0 Å². The molecule has 0 aliphatic rings. The average Bonchev–Trinajstić information content (AvgIpc) is 3.10. The summed E-state index contributed by atoms with van der Waals surface area (Å²) in [5, 5.41) is 8.14. The van der Waals surface area contributed by atoms with E-state index < -0.39 is 0 Å². The number of H-pyrrole nitrogens is 1. The van der Waals surface area contributed by atoms with Crippen molar-refractivity contribution in [3.63, 3.8) is 0 Å². The Kier molecular flexibility index (Phi) is 7.19. The van der Waals surface area contributed by atoms with Crippen LogP contribution in [0.15, 0.2) is 66.7 Å². The van der Waals surface area contributed by atoms with Gasteiger partial charge in [0, 0.05) is 36.4 Å². The quantitative estimate of drug-likeness (QED) is 0.648. The standard InChI is InChI=1S/C5H5N.C3H4N2.C3H3NS/c1-2-4-6-5-3-1;2*1-2-4-5-3-1/h1-5H;1-3H,(H,4,5);1-3H. The summed E-state index contributed by atoms with van der Waals surface area (Å²) in [6.07, 6.45) is 8.73. The van der Waals surface area contributed by atoms with E-state index in [9.17, 15) is 0 Å². The van der Waals surface area contributed by atoms with Crippen molar-refractivity contribution in [1.29, 1.82) is 0 Å². The topological polar surface area (TPSA) is 54.5 Å². The van der Waals surface area contributed by atoms with Gasteiger partial charge in [0.05, 0.1) is 0 Å². The number of nitrogens with zero attached hydrogens (tertiary/aromatic N) is 3. The van der Waals surface area contributed by atoms with E-state index in [0.717, 1.165) is 0 Å². The molecule has 0 saturated heterocycles. The van der Waals surface area contributed by atoms with Crippen LogP contribution in [0, 0.1) is 0 Å². The molecule has 0 aromatic carbocycles. The van der Waals surface area contributed by atoms with Gasteiger partial charge in [0.25, 0.3) is 0 Å². The SMILES string of the molecule is c1ccncc1.c1cn[nH]c1.c1cnsc1. The molecule has 1 N–H and O–H groups in total. The Morgan fingerprint density at radius 3 is 1.88 bits per heavy atom. The summed E-state index contributed by atoms with van der Waals surface area (Å²) in [5.74, 6) is 0. The van der Waals surface area contributed by atoms with Crippen LogP contribution in [0.25, 0.3) is 0 Å². The van der Waals surface area contributed by atoms with Gasteiger partial charge in [-0.1, -0.05) is 6.07 Å². The van der Waals surface area contributed by atoms with E-state index >= 15 is 0 Å². The van der Waals surface area contributed by atoms with Crippen molar-refractivity contribution in [2.24, 2.45) is 0 Å². The second-order valence-electron chi connectivity index (χ2n) is 2.48. The van der Waals surface area contributed by atoms with Crippen LogP contribution in [-0.2, 0) is 0 Å². The molecule has 3 aromatic rings. The lowest BCUT2D eigenvalue weighted by Gasteiger charge is -1.70. The number of nitrogens with one attached hydrogen (secondary N) is 1. The normalized spacial score (nSPS) is 8.00. The fourth-order valence-electron chi connectivity index (χ4n) is 0.703. The number of aromatic amines is 1. The molecule has 16 heavy (non-hydrogen) atoms. The molecular weight excluding hydrogens is 220 g/mol. The summed E-state index contributed by atoms with van der Waals surface area (Å²) in [7, 11) is 0. The van der Waals surface area contributed by atoms with Crippen LogP contribution in [0.4, 0.5) is 0 Å². The van der Waals surface area contributed by atoms with E-state index in [-0.39, 0.29) is 0 Å². The zero-order valence-electron chi connectivity index (χ0n) is 8.60. The lowest BCUT2D eigenvalue weighted by atomic mass is 10.5. The number of pyridine rings is 1. The zero-order valence-corrected chi connectivity index (χ0v) is 9.42. The lowest BCUT2D eigenvalue weighted by molar-refractivity contribution is 1.09. The molecule has 82 valence electrons. The number of rotatable bonds is 0. The summed E-state index contributed by atoms with van der Waals surface area (Å²) in [5.41, 5.74) is 0. The highest BCUT2D eigenvalue weighted by atomic mass is 32.1. The van der Waals surface area contributed by atoms with E-state index in [1.807, 2.05) is 35.7 Å². The Hall–Kier alpha value is -2.01. The molecule has 0 aliphatic carbocycles. The van der Waals surface area contributed by atoms with Crippen molar-refractivity contribution in [1.82, 2.24) is 19.6 Å². The van der Waals surface area contributed by atoms with Crippen LogP contribution >= 0.6 is 11.5 Å². The zero-order chi connectivity index (χ0) is 11.3. The molecular formula is C11H12N4S. The third-order valence-corrected chi connectivity index (χ3v) is 1.84. The average molecular weight is 232 g/mol. The summed E-state index contributed by atoms with van der Waals surface area (Å²) in [6.45, 7) is 0. The van der Waals surface area contributed by atoms with Crippen LogP contribution in [0.2, 0.25) is 0 Å². The van der Waals surface area contributed by atoms with Crippen molar-refractivity contribution in [2.75, 3.05) is 0 Å². The molecule has 0 bridgehead atoms. The molecule has 0 amide bonds. The van der Waals surface area contributed by atoms with Crippen molar-refractivity contribution in [2.45, 2.75) is 0 Å².